The molecule has 172 valence electrons. The van der Waals surface area contributed by atoms with Gasteiger partial charge >= 0.3 is 12.1 Å². The maximum atomic E-state index is 13.8. The van der Waals surface area contributed by atoms with Crippen LogP contribution in [0.4, 0.5) is 4.79 Å². The van der Waals surface area contributed by atoms with Crippen LogP contribution < -0.4 is 0 Å². The summed E-state index contributed by atoms with van der Waals surface area (Å²) in [6, 6.07) is 10.1. The van der Waals surface area contributed by atoms with E-state index in [0.717, 1.165) is 5.56 Å². The van der Waals surface area contributed by atoms with Gasteiger partial charge < -0.3 is 14.4 Å². The highest BCUT2D eigenvalue weighted by molar-refractivity contribution is 7.99. The number of carboxylic acid groups (broad SMARTS) is 1. The number of carbonyl (C=O) groups excluding carboxylic acids is 2. The van der Waals surface area contributed by atoms with Crippen LogP contribution in [0.1, 0.15) is 42.1 Å². The van der Waals surface area contributed by atoms with Crippen molar-refractivity contribution in [2.75, 3.05) is 5.75 Å². The lowest BCUT2D eigenvalue weighted by Gasteiger charge is -2.31. The smallest absolute Gasteiger partial charge is 0.412 e. The van der Waals surface area contributed by atoms with Crippen molar-refractivity contribution in [1.29, 1.82) is 0 Å². The van der Waals surface area contributed by atoms with Crippen LogP contribution in [0, 0.1) is 0 Å². The Morgan fingerprint density at radius 3 is 2.61 bits per heavy atom. The molecular weight excluding hydrogens is 442 g/mol. The number of nitrogens with zero attached hydrogens (tertiary/aromatic N) is 3. The number of rotatable bonds is 5. The molecule has 3 aromatic rings. The Morgan fingerprint density at radius 2 is 1.94 bits per heavy atom. The van der Waals surface area contributed by atoms with Gasteiger partial charge in [0.2, 0.25) is 0 Å². The third kappa shape index (κ3) is 4.73. The van der Waals surface area contributed by atoms with Gasteiger partial charge in [-0.3, -0.25) is 19.5 Å². The number of amides is 1. The molecule has 0 radical (unpaired) electrons. The van der Waals surface area contributed by atoms with Crippen molar-refractivity contribution >= 4 is 40.5 Å². The predicted molar refractivity (Wildman–Crippen MR) is 125 cm³/mol. The summed E-state index contributed by atoms with van der Waals surface area (Å²) in [5.41, 5.74) is 1.12. The van der Waals surface area contributed by atoms with E-state index in [4.69, 9.17) is 4.74 Å². The van der Waals surface area contributed by atoms with Gasteiger partial charge in [0.25, 0.3) is 0 Å². The number of hydrogen-bond acceptors (Lipinski definition) is 6. The highest BCUT2D eigenvalue weighted by atomic mass is 32.2. The molecule has 1 amide bonds. The van der Waals surface area contributed by atoms with E-state index in [2.05, 4.69) is 4.98 Å². The second-order valence-corrected chi connectivity index (χ2v) is 9.93. The molecule has 3 heterocycles. The van der Waals surface area contributed by atoms with Crippen LogP contribution in [-0.2, 0) is 16.1 Å². The number of Topliss-reactive ketones (excluding diaryl/α,β-unsaturated/α-hetero) is 1. The number of carboxylic acids is 1. The molecule has 1 fully saturated rings. The second-order valence-electron chi connectivity index (χ2n) is 8.82. The van der Waals surface area contributed by atoms with Crippen molar-refractivity contribution in [1.82, 2.24) is 14.5 Å². The maximum Gasteiger partial charge on any atom is 0.412 e. The average Bonchev–Trinajstić information content (AvgIpc) is 3.35. The Labute approximate surface area is 195 Å². The molecule has 33 heavy (non-hydrogen) atoms. The van der Waals surface area contributed by atoms with E-state index in [-0.39, 0.29) is 12.3 Å². The molecule has 0 bridgehead atoms. The van der Waals surface area contributed by atoms with Gasteiger partial charge in [-0.2, -0.15) is 0 Å². The largest absolute Gasteiger partial charge is 0.480 e. The van der Waals surface area contributed by atoms with Crippen LogP contribution in [0.15, 0.2) is 55.0 Å². The third-order valence-corrected chi connectivity index (χ3v) is 6.56. The summed E-state index contributed by atoms with van der Waals surface area (Å²) in [6.45, 7) is 5.08. The molecule has 4 rings (SSSR count). The van der Waals surface area contributed by atoms with E-state index in [0.29, 0.717) is 22.2 Å². The quantitative estimate of drug-likeness (QED) is 0.557. The molecule has 9 heteroatoms. The van der Waals surface area contributed by atoms with Gasteiger partial charge in [-0.15, -0.1) is 11.8 Å². The SMILES string of the molecule is CC(C)(C)OC(=O)N1C(c2cccnc2)SC[C@H]1C(=O)c1cn(CC(=O)O)c2ccccc12. The molecule has 1 aromatic carbocycles. The van der Waals surface area contributed by atoms with E-state index in [1.807, 2.05) is 6.07 Å². The van der Waals surface area contributed by atoms with Crippen LogP contribution in [0.25, 0.3) is 10.9 Å². The van der Waals surface area contributed by atoms with Gasteiger partial charge in [-0.25, -0.2) is 4.79 Å². The van der Waals surface area contributed by atoms with E-state index in [9.17, 15) is 19.5 Å². The number of carbonyl (C=O) groups is 3. The van der Waals surface area contributed by atoms with Gasteiger partial charge in [-0.1, -0.05) is 24.3 Å². The summed E-state index contributed by atoms with van der Waals surface area (Å²) in [7, 11) is 0. The predicted octanol–water partition coefficient (Wildman–Crippen LogP) is 4.35. The lowest BCUT2D eigenvalue weighted by molar-refractivity contribution is -0.137. The fourth-order valence-electron chi connectivity index (χ4n) is 3.92. The molecule has 0 spiro atoms. The topological polar surface area (TPSA) is 102 Å². The van der Waals surface area contributed by atoms with E-state index < -0.39 is 29.1 Å². The number of fused-ring (bicyclic) bond motifs is 1. The number of ether oxygens (including phenoxy) is 1. The Balaban J connectivity index is 1.74. The monoisotopic (exact) mass is 467 g/mol. The number of aliphatic carboxylic acids is 1. The summed E-state index contributed by atoms with van der Waals surface area (Å²) in [5, 5.41) is 9.52. The summed E-state index contributed by atoms with van der Waals surface area (Å²) in [5.74, 6) is -0.867. The van der Waals surface area contributed by atoms with Crippen molar-refractivity contribution in [3.8, 4) is 0 Å². The van der Waals surface area contributed by atoms with Crippen molar-refractivity contribution in [3.05, 3.63) is 66.1 Å². The summed E-state index contributed by atoms with van der Waals surface area (Å²) in [6.07, 6.45) is 4.33. The zero-order chi connectivity index (χ0) is 23.8. The maximum absolute atomic E-state index is 13.8. The molecule has 1 unspecified atom stereocenters. The first-order valence-corrected chi connectivity index (χ1v) is 11.6. The molecular formula is C24H25N3O5S. The number of aromatic nitrogens is 2. The number of para-hydroxylation sites is 1. The highest BCUT2D eigenvalue weighted by Gasteiger charge is 2.45. The number of pyridine rings is 1. The Kier molecular flexibility index (Phi) is 6.16. The van der Waals surface area contributed by atoms with Crippen LogP contribution in [-0.4, -0.2) is 54.8 Å². The standard InChI is InChI=1S/C24H25N3O5S/c1-24(2,3)32-23(31)27-19(14-33-22(27)15-7-6-10-25-11-15)21(30)17-12-26(13-20(28)29)18-9-5-4-8-16(17)18/h4-12,19,22H,13-14H2,1-3H3,(H,28,29)/t19-,22?/m0/s1. The Bertz CT molecular complexity index is 1200. The lowest BCUT2D eigenvalue weighted by Crippen LogP contribution is -2.45. The number of hydrogen-bond donors (Lipinski definition) is 1. The average molecular weight is 468 g/mol. The van der Waals surface area contributed by atoms with Gasteiger partial charge in [0.05, 0.1) is 0 Å². The van der Waals surface area contributed by atoms with Crippen molar-refractivity contribution in [3.63, 3.8) is 0 Å². The summed E-state index contributed by atoms with van der Waals surface area (Å²) >= 11 is 1.48. The minimum absolute atomic E-state index is 0.250. The first-order chi connectivity index (χ1) is 15.7. The first-order valence-electron chi connectivity index (χ1n) is 10.5. The van der Waals surface area contributed by atoms with E-state index in [1.165, 1.54) is 16.7 Å². The molecule has 2 atom stereocenters. The van der Waals surface area contributed by atoms with Gasteiger partial charge in [0, 0.05) is 46.4 Å². The zero-order valence-electron chi connectivity index (χ0n) is 18.6. The fraction of sp³-hybridized carbons (Fsp3) is 0.333. The van der Waals surface area contributed by atoms with Crippen LogP contribution in [0.3, 0.4) is 0 Å². The molecule has 8 nitrogen and oxygen atoms in total. The summed E-state index contributed by atoms with van der Waals surface area (Å²) in [4.78, 5) is 44.0. The van der Waals surface area contributed by atoms with Crippen LogP contribution in [0.2, 0.25) is 0 Å². The molecule has 1 saturated heterocycles. The van der Waals surface area contributed by atoms with Crippen molar-refractivity contribution < 1.29 is 24.2 Å². The lowest BCUT2D eigenvalue weighted by atomic mass is 10.0. The normalized spacial score (nSPS) is 18.5. The van der Waals surface area contributed by atoms with Gasteiger partial charge in [0.15, 0.2) is 5.78 Å². The van der Waals surface area contributed by atoms with Crippen molar-refractivity contribution in [2.24, 2.45) is 0 Å². The van der Waals surface area contributed by atoms with E-state index >= 15 is 0 Å². The van der Waals surface area contributed by atoms with Crippen LogP contribution >= 0.6 is 11.8 Å². The summed E-state index contributed by atoms with van der Waals surface area (Å²) < 4.78 is 7.20. The first kappa shape index (κ1) is 22.8. The number of benzene rings is 1. The van der Waals surface area contributed by atoms with Crippen molar-refractivity contribution in [2.45, 2.75) is 44.3 Å². The second kappa shape index (κ2) is 8.90. The number of thioether (sulfide) groups is 1. The van der Waals surface area contributed by atoms with E-state index in [1.54, 1.807) is 74.3 Å². The fourth-order valence-corrected chi connectivity index (χ4v) is 5.33. The minimum Gasteiger partial charge on any atom is -0.480 e. The van der Waals surface area contributed by atoms with Gasteiger partial charge in [0.1, 0.15) is 23.6 Å². The molecule has 0 saturated carbocycles. The molecule has 1 aliphatic rings. The molecule has 0 aliphatic carbocycles. The highest BCUT2D eigenvalue weighted by Crippen LogP contribution is 2.43. The molecule has 2 aromatic heterocycles. The van der Waals surface area contributed by atoms with Crippen LogP contribution in [0.5, 0.6) is 0 Å². The molecule has 1 N–H and O–H groups in total. The Morgan fingerprint density at radius 1 is 1.18 bits per heavy atom. The zero-order valence-corrected chi connectivity index (χ0v) is 19.4. The molecule has 1 aliphatic heterocycles. The number of ketones is 1. The third-order valence-electron chi connectivity index (χ3n) is 5.24. The van der Waals surface area contributed by atoms with Gasteiger partial charge in [-0.05, 0) is 32.9 Å². The minimum atomic E-state index is -1.00. The Hall–Kier alpha value is -3.33.